The van der Waals surface area contributed by atoms with Gasteiger partial charge in [-0.15, -0.1) is 0 Å². The zero-order valence-electron chi connectivity index (χ0n) is 27.5. The molecule has 0 aliphatic carbocycles. The van der Waals surface area contributed by atoms with Gasteiger partial charge >= 0.3 is 18.4 Å². The Morgan fingerprint density at radius 1 is 0.963 bits per heavy atom. The number of pyridine rings is 1. The molecular weight excluding hydrogens is 809 g/mol. The van der Waals surface area contributed by atoms with Crippen LogP contribution in [-0.4, -0.2) is 99.8 Å². The van der Waals surface area contributed by atoms with Gasteiger partial charge in [-0.1, -0.05) is 15.9 Å². The molecule has 4 aromatic rings. The standard InChI is InChI=1S/C30H29BrF5N7O11/c1-26(2,28(47,48)43-19(9-21(39-43)27(34,35)36)14-8-18(33)24(45)41(12-14)29(49,50)51)38-23(44)20(7-13-10-37-42(11-13)30(52,53)54)40-6-5-15-16(31)3-4-17(32)22(15)25(40)46/h3-4,8-12,20,47-54H,5-7H2,1-2H3,(H,38,44). The highest BCUT2D eigenvalue weighted by molar-refractivity contribution is 9.10. The first kappa shape index (κ1) is 40.5. The lowest BCUT2D eigenvalue weighted by atomic mass is 9.94. The maximum absolute atomic E-state index is 15.0. The van der Waals surface area contributed by atoms with Gasteiger partial charge < -0.3 is 51.1 Å². The maximum atomic E-state index is 15.0. The third kappa shape index (κ3) is 7.51. The van der Waals surface area contributed by atoms with Crippen molar-refractivity contribution < 1.29 is 72.4 Å². The number of carbonyl (C=O) groups is 2. The molecule has 5 rings (SSSR count). The third-order valence-electron chi connectivity index (χ3n) is 8.50. The number of hydrogen-bond acceptors (Lipinski definition) is 13. The van der Waals surface area contributed by atoms with Crippen molar-refractivity contribution in [3.8, 4) is 11.3 Å². The van der Waals surface area contributed by atoms with Crippen LogP contribution in [0.15, 0.2) is 52.1 Å². The average Bonchev–Trinajstić information content (AvgIpc) is 3.71. The number of halogens is 6. The lowest BCUT2D eigenvalue weighted by Crippen LogP contribution is -2.65. The number of amides is 2. The highest BCUT2D eigenvalue weighted by Crippen LogP contribution is 2.37. The van der Waals surface area contributed by atoms with Crippen LogP contribution >= 0.6 is 15.9 Å². The maximum Gasteiger partial charge on any atom is 0.435 e. The van der Waals surface area contributed by atoms with Gasteiger partial charge in [-0.25, -0.2) is 18.0 Å². The molecule has 2 amide bonds. The van der Waals surface area contributed by atoms with Crippen molar-refractivity contribution in [2.45, 2.75) is 62.6 Å². The summed E-state index contributed by atoms with van der Waals surface area (Å²) in [5, 5.41) is 89.0. The summed E-state index contributed by atoms with van der Waals surface area (Å²) in [5.41, 5.74) is -8.43. The Morgan fingerprint density at radius 2 is 1.61 bits per heavy atom. The largest absolute Gasteiger partial charge is 0.435 e. The molecule has 1 aliphatic rings. The molecule has 54 heavy (non-hydrogen) atoms. The fourth-order valence-electron chi connectivity index (χ4n) is 5.66. The minimum atomic E-state index is -5.31. The summed E-state index contributed by atoms with van der Waals surface area (Å²) in [6, 6.07) is 1.01. The number of benzene rings is 1. The second-order valence-electron chi connectivity index (χ2n) is 12.7. The minimum Gasteiger partial charge on any atom is -0.346 e. The van der Waals surface area contributed by atoms with E-state index in [1.165, 1.54) is 6.07 Å². The Morgan fingerprint density at radius 3 is 2.19 bits per heavy atom. The summed E-state index contributed by atoms with van der Waals surface area (Å²) in [5.74, 6) is -8.85. The van der Waals surface area contributed by atoms with Gasteiger partial charge in [0.15, 0.2) is 11.5 Å². The van der Waals surface area contributed by atoms with E-state index >= 15 is 4.39 Å². The predicted octanol–water partition coefficient (Wildman–Crippen LogP) is -1.14. The van der Waals surface area contributed by atoms with Crippen molar-refractivity contribution in [3.05, 3.63) is 91.7 Å². The van der Waals surface area contributed by atoms with Gasteiger partial charge in [-0.05, 0) is 55.7 Å². The second kappa shape index (κ2) is 13.6. The highest BCUT2D eigenvalue weighted by Gasteiger charge is 2.50. The van der Waals surface area contributed by atoms with Crippen LogP contribution in [0.1, 0.15) is 41.0 Å². The van der Waals surface area contributed by atoms with Gasteiger partial charge in [0.25, 0.3) is 17.4 Å². The van der Waals surface area contributed by atoms with Crippen LogP contribution < -0.4 is 10.9 Å². The SMILES string of the molecule is CC(C)(NC(=O)C(Cc1cnn(C(O)(O)O)c1)N1CCc2c(Br)ccc(F)c2C1=O)C(O)(O)n1nc(C(F)(F)F)cc1-c1cc(F)c(=O)n(C(O)(O)O)c1. The van der Waals surface area contributed by atoms with Crippen LogP contribution in [0.25, 0.3) is 11.3 Å². The van der Waals surface area contributed by atoms with Crippen LogP contribution in [0.5, 0.6) is 0 Å². The first-order chi connectivity index (χ1) is 24.6. The summed E-state index contributed by atoms with van der Waals surface area (Å²) >= 11 is 3.24. The van der Waals surface area contributed by atoms with Crippen molar-refractivity contribution in [2.24, 2.45) is 0 Å². The van der Waals surface area contributed by atoms with E-state index in [9.17, 15) is 72.8 Å². The molecule has 0 saturated carbocycles. The second-order valence-corrected chi connectivity index (χ2v) is 13.5. The van der Waals surface area contributed by atoms with Crippen LogP contribution in [0.4, 0.5) is 22.0 Å². The molecule has 292 valence electrons. The van der Waals surface area contributed by atoms with Crippen molar-refractivity contribution in [1.29, 1.82) is 0 Å². The summed E-state index contributed by atoms with van der Waals surface area (Å²) in [6.07, 6.45) is -11.4. The van der Waals surface area contributed by atoms with Gasteiger partial charge in [0.05, 0.1) is 17.5 Å². The van der Waals surface area contributed by atoms with Crippen molar-refractivity contribution in [3.63, 3.8) is 0 Å². The number of nitrogens with zero attached hydrogens (tertiary/aromatic N) is 6. The fourth-order valence-corrected chi connectivity index (χ4v) is 6.18. The molecule has 0 fully saturated rings. The van der Waals surface area contributed by atoms with Gasteiger partial charge in [0, 0.05) is 35.4 Å². The molecule has 0 bridgehead atoms. The predicted molar refractivity (Wildman–Crippen MR) is 169 cm³/mol. The van der Waals surface area contributed by atoms with E-state index in [1.54, 1.807) is 0 Å². The number of aromatic nitrogens is 5. The summed E-state index contributed by atoms with van der Waals surface area (Å²) in [4.78, 5) is 40.8. The summed E-state index contributed by atoms with van der Waals surface area (Å²) < 4.78 is 71.4. The van der Waals surface area contributed by atoms with E-state index in [0.717, 1.165) is 37.2 Å². The molecule has 18 nitrogen and oxygen atoms in total. The molecule has 1 atom stereocenters. The Labute approximate surface area is 306 Å². The van der Waals surface area contributed by atoms with Gasteiger partial charge in [0.1, 0.15) is 17.4 Å². The molecule has 24 heteroatoms. The van der Waals surface area contributed by atoms with Gasteiger partial charge in [-0.3, -0.25) is 14.4 Å². The number of nitrogens with one attached hydrogen (secondary N) is 1. The molecule has 4 heterocycles. The lowest BCUT2D eigenvalue weighted by Gasteiger charge is -2.41. The quantitative estimate of drug-likeness (QED) is 0.0676. The zero-order valence-corrected chi connectivity index (χ0v) is 29.1. The number of aliphatic hydroxyl groups is 8. The Bertz CT molecular complexity index is 2190. The Hall–Kier alpha value is -4.66. The molecule has 1 unspecified atom stereocenters. The molecule has 0 radical (unpaired) electrons. The number of fused-ring (bicyclic) bond motifs is 1. The molecule has 0 spiro atoms. The van der Waals surface area contributed by atoms with E-state index in [0.29, 0.717) is 4.47 Å². The molecule has 0 saturated heterocycles. The Kier molecular flexibility index (Phi) is 10.2. The van der Waals surface area contributed by atoms with E-state index in [4.69, 9.17) is 0 Å². The first-order valence-corrected chi connectivity index (χ1v) is 16.0. The molecule has 1 aromatic carbocycles. The van der Waals surface area contributed by atoms with E-state index in [2.05, 4.69) is 31.4 Å². The average molecular weight is 838 g/mol. The van der Waals surface area contributed by atoms with Crippen molar-refractivity contribution in [1.82, 2.24) is 34.3 Å². The van der Waals surface area contributed by atoms with Crippen molar-refractivity contribution >= 4 is 27.7 Å². The molecule has 1 aliphatic heterocycles. The minimum absolute atomic E-state index is 0.0186. The lowest BCUT2D eigenvalue weighted by molar-refractivity contribution is -0.381. The fraction of sp³-hybridized carbons (Fsp3) is 0.367. The highest BCUT2D eigenvalue weighted by atomic mass is 79.9. The number of carbonyl (C=O) groups excluding carboxylic acids is 2. The van der Waals surface area contributed by atoms with Crippen LogP contribution in [-0.2, 0) is 41.9 Å². The monoisotopic (exact) mass is 837 g/mol. The summed E-state index contributed by atoms with van der Waals surface area (Å²) in [7, 11) is 0. The number of hydrogen-bond donors (Lipinski definition) is 9. The Balaban J connectivity index is 1.59. The topological polar surface area (TPSA) is 269 Å². The molecular formula is C30H29BrF5N7O11. The molecule has 3 aromatic heterocycles. The van der Waals surface area contributed by atoms with Gasteiger partial charge in [0.2, 0.25) is 5.91 Å². The smallest absolute Gasteiger partial charge is 0.346 e. The van der Waals surface area contributed by atoms with Crippen molar-refractivity contribution in [2.75, 3.05) is 6.54 Å². The van der Waals surface area contributed by atoms with E-state index in [-0.39, 0.29) is 51.8 Å². The first-order valence-electron chi connectivity index (χ1n) is 15.2. The van der Waals surface area contributed by atoms with E-state index < -0.39 is 98.4 Å². The normalized spacial score (nSPS) is 15.0. The van der Waals surface area contributed by atoms with E-state index in [1.807, 2.05) is 0 Å². The molecule has 9 N–H and O–H groups in total. The number of alkyl halides is 3. The summed E-state index contributed by atoms with van der Waals surface area (Å²) in [6.45, 7) is 1.50. The van der Waals surface area contributed by atoms with Crippen LogP contribution in [0.3, 0.4) is 0 Å². The van der Waals surface area contributed by atoms with Crippen LogP contribution in [0, 0.1) is 11.6 Å². The van der Waals surface area contributed by atoms with Gasteiger partial charge in [-0.2, -0.15) is 28.1 Å². The van der Waals surface area contributed by atoms with Crippen LogP contribution in [0.2, 0.25) is 0 Å². The number of rotatable bonds is 10. The zero-order chi connectivity index (χ0) is 40.5. The third-order valence-corrected chi connectivity index (χ3v) is 9.24.